The largest absolute Gasteiger partial charge is 0.431 e. The molecule has 1 N–H and O–H groups in total. The van der Waals surface area contributed by atoms with E-state index in [0.717, 1.165) is 23.2 Å². The van der Waals surface area contributed by atoms with Crippen molar-refractivity contribution in [1.82, 2.24) is 20.3 Å². The molecule has 0 aliphatic carbocycles. The average molecular weight is 409 g/mol. The van der Waals surface area contributed by atoms with Gasteiger partial charge in [-0.1, -0.05) is 35.5 Å². The number of amidine groups is 1. The van der Waals surface area contributed by atoms with Gasteiger partial charge in [0.1, 0.15) is 17.7 Å². The first-order valence-electron chi connectivity index (χ1n) is 9.79. The number of aromatic nitrogens is 1. The Labute approximate surface area is 174 Å². The number of benzene rings is 1. The van der Waals surface area contributed by atoms with Crippen LogP contribution < -0.4 is 5.32 Å². The first-order chi connectivity index (χ1) is 14.5. The number of fused-ring (bicyclic) bond motifs is 1. The molecule has 9 nitrogen and oxygen atoms in total. The van der Waals surface area contributed by atoms with Crippen LogP contribution in [0.1, 0.15) is 22.6 Å². The minimum atomic E-state index is -0.424. The van der Waals surface area contributed by atoms with E-state index in [1.54, 1.807) is 9.80 Å². The Bertz CT molecular complexity index is 992. The lowest BCUT2D eigenvalue weighted by molar-refractivity contribution is -0.118. The van der Waals surface area contributed by atoms with Gasteiger partial charge in [-0.25, -0.2) is 4.79 Å². The molecule has 3 amide bonds. The van der Waals surface area contributed by atoms with Crippen molar-refractivity contribution in [2.24, 2.45) is 4.99 Å². The molecule has 0 bridgehead atoms. The fourth-order valence-electron chi connectivity index (χ4n) is 3.41. The van der Waals surface area contributed by atoms with Crippen LogP contribution in [0, 0.1) is 13.8 Å². The highest BCUT2D eigenvalue weighted by Gasteiger charge is 2.34. The van der Waals surface area contributed by atoms with Gasteiger partial charge in [0.15, 0.2) is 0 Å². The van der Waals surface area contributed by atoms with Gasteiger partial charge in [0.05, 0.1) is 12.2 Å². The Hall–Kier alpha value is -3.62. The van der Waals surface area contributed by atoms with Crippen LogP contribution in [0.15, 0.2) is 51.8 Å². The van der Waals surface area contributed by atoms with Crippen LogP contribution in [-0.2, 0) is 22.5 Å². The van der Waals surface area contributed by atoms with E-state index in [1.165, 1.54) is 6.26 Å². The molecule has 2 aliphatic heterocycles. The molecule has 0 fully saturated rings. The van der Waals surface area contributed by atoms with Crippen LogP contribution >= 0.6 is 0 Å². The highest BCUT2D eigenvalue weighted by molar-refractivity contribution is 6.01. The molecule has 0 unspecified atom stereocenters. The van der Waals surface area contributed by atoms with E-state index in [-0.39, 0.29) is 11.9 Å². The number of carbonyl (C=O) groups is 2. The summed E-state index contributed by atoms with van der Waals surface area (Å²) in [6.07, 6.45) is 2.07. The number of carbonyl (C=O) groups excluding carboxylic acids is 2. The topological polar surface area (TPSA) is 100 Å². The van der Waals surface area contributed by atoms with Gasteiger partial charge in [-0.15, -0.1) is 4.99 Å². The Kier molecular flexibility index (Phi) is 5.51. The number of urea groups is 1. The zero-order chi connectivity index (χ0) is 21.1. The normalized spacial score (nSPS) is 15.9. The molecule has 3 heterocycles. The van der Waals surface area contributed by atoms with Gasteiger partial charge < -0.3 is 19.5 Å². The number of rotatable bonds is 6. The number of amides is 3. The van der Waals surface area contributed by atoms with E-state index in [4.69, 9.17) is 9.26 Å². The Morgan fingerprint density at radius 1 is 1.20 bits per heavy atom. The summed E-state index contributed by atoms with van der Waals surface area (Å²) in [5.41, 5.74) is 3.09. The SMILES string of the molecule is Cc1noc(C)c1CN1CCN2C(C(=O)NCCc3ccccc3)=COC2=NC1=O. The standard InChI is InChI=1S/C21H23N5O4/c1-14-17(15(2)30-24-14)12-25-10-11-26-18(13-29-21(26)23-20(25)28)19(27)22-9-8-16-6-4-3-5-7-16/h3-7,13H,8-12H2,1-2H3,(H,22,27). The Morgan fingerprint density at radius 2 is 2.00 bits per heavy atom. The van der Waals surface area contributed by atoms with Crippen molar-refractivity contribution >= 4 is 18.0 Å². The summed E-state index contributed by atoms with van der Waals surface area (Å²) in [6.45, 7) is 5.26. The zero-order valence-corrected chi connectivity index (χ0v) is 16.9. The summed E-state index contributed by atoms with van der Waals surface area (Å²) >= 11 is 0. The predicted octanol–water partition coefficient (Wildman–Crippen LogP) is 2.12. The molecule has 0 radical (unpaired) electrons. The van der Waals surface area contributed by atoms with Gasteiger partial charge >= 0.3 is 12.1 Å². The third-order valence-corrected chi connectivity index (χ3v) is 5.16. The fraction of sp³-hybridized carbons (Fsp3) is 0.333. The van der Waals surface area contributed by atoms with Crippen LogP contribution in [-0.4, -0.2) is 52.6 Å². The summed E-state index contributed by atoms with van der Waals surface area (Å²) in [6, 6.07) is 9.62. The summed E-state index contributed by atoms with van der Waals surface area (Å²) in [4.78, 5) is 32.5. The summed E-state index contributed by atoms with van der Waals surface area (Å²) < 4.78 is 10.6. The highest BCUT2D eigenvalue weighted by Crippen LogP contribution is 2.21. The molecule has 30 heavy (non-hydrogen) atoms. The molecule has 1 aromatic heterocycles. The lowest BCUT2D eigenvalue weighted by Gasteiger charge is -2.21. The smallest absolute Gasteiger partial charge is 0.348 e. The van der Waals surface area contributed by atoms with Gasteiger partial charge in [0.2, 0.25) is 0 Å². The van der Waals surface area contributed by atoms with Crippen molar-refractivity contribution in [3.63, 3.8) is 0 Å². The van der Waals surface area contributed by atoms with Gasteiger partial charge in [0.25, 0.3) is 5.91 Å². The number of aliphatic imine (C=N–C) groups is 1. The van der Waals surface area contributed by atoms with E-state index in [2.05, 4.69) is 15.5 Å². The van der Waals surface area contributed by atoms with E-state index < -0.39 is 6.03 Å². The lowest BCUT2D eigenvalue weighted by atomic mass is 10.1. The molecule has 0 spiro atoms. The number of ether oxygens (including phenoxy) is 1. The minimum absolute atomic E-state index is 0.120. The third-order valence-electron chi connectivity index (χ3n) is 5.16. The molecule has 0 atom stereocenters. The van der Waals surface area contributed by atoms with Crippen LogP contribution in [0.3, 0.4) is 0 Å². The van der Waals surface area contributed by atoms with Crippen LogP contribution in [0.4, 0.5) is 4.79 Å². The number of nitrogens with one attached hydrogen (secondary N) is 1. The molecule has 156 valence electrons. The first-order valence-corrected chi connectivity index (χ1v) is 9.79. The van der Waals surface area contributed by atoms with Gasteiger partial charge in [-0.05, 0) is 25.8 Å². The van der Waals surface area contributed by atoms with Crippen molar-refractivity contribution < 1.29 is 18.8 Å². The quantitative estimate of drug-likeness (QED) is 0.784. The summed E-state index contributed by atoms with van der Waals surface area (Å²) in [5.74, 6) is 0.412. The molecule has 0 saturated carbocycles. The molecule has 1 aromatic carbocycles. The van der Waals surface area contributed by atoms with E-state index >= 15 is 0 Å². The lowest BCUT2D eigenvalue weighted by Crippen LogP contribution is -2.38. The number of hydrogen-bond acceptors (Lipinski definition) is 6. The van der Waals surface area contributed by atoms with Gasteiger partial charge in [-0.2, -0.15) is 0 Å². The van der Waals surface area contributed by atoms with Crippen molar-refractivity contribution in [3.05, 3.63) is 64.9 Å². The molecule has 2 aromatic rings. The maximum Gasteiger partial charge on any atom is 0.348 e. The minimum Gasteiger partial charge on any atom is -0.431 e. The predicted molar refractivity (Wildman–Crippen MR) is 108 cm³/mol. The number of aryl methyl sites for hydroxylation is 2. The number of nitrogens with zero attached hydrogens (tertiary/aromatic N) is 4. The second-order valence-electron chi connectivity index (χ2n) is 7.17. The van der Waals surface area contributed by atoms with Crippen LogP contribution in [0.25, 0.3) is 0 Å². The number of hydrogen-bond donors (Lipinski definition) is 1. The molecule has 9 heteroatoms. The van der Waals surface area contributed by atoms with Crippen LogP contribution in [0.5, 0.6) is 0 Å². The maximum absolute atomic E-state index is 12.6. The Morgan fingerprint density at radius 3 is 2.73 bits per heavy atom. The van der Waals surface area contributed by atoms with Crippen LogP contribution in [0.2, 0.25) is 0 Å². The molecular weight excluding hydrogens is 386 g/mol. The van der Waals surface area contributed by atoms with Crippen molar-refractivity contribution in [3.8, 4) is 0 Å². The molecule has 4 rings (SSSR count). The van der Waals surface area contributed by atoms with Crippen molar-refractivity contribution in [2.75, 3.05) is 19.6 Å². The zero-order valence-electron chi connectivity index (χ0n) is 16.9. The van der Waals surface area contributed by atoms with E-state index in [9.17, 15) is 9.59 Å². The van der Waals surface area contributed by atoms with Gasteiger partial charge in [-0.3, -0.25) is 9.69 Å². The fourth-order valence-corrected chi connectivity index (χ4v) is 3.41. The maximum atomic E-state index is 12.6. The molecular formula is C21H23N5O4. The third kappa shape index (κ3) is 4.05. The second kappa shape index (κ2) is 8.40. The van der Waals surface area contributed by atoms with Crippen molar-refractivity contribution in [1.29, 1.82) is 0 Å². The Balaban J connectivity index is 1.37. The molecule has 0 saturated heterocycles. The van der Waals surface area contributed by atoms with Crippen molar-refractivity contribution in [2.45, 2.75) is 26.8 Å². The van der Waals surface area contributed by atoms with E-state index in [1.807, 2.05) is 44.2 Å². The summed E-state index contributed by atoms with van der Waals surface area (Å²) in [7, 11) is 0. The monoisotopic (exact) mass is 409 g/mol. The highest BCUT2D eigenvalue weighted by atomic mass is 16.5. The average Bonchev–Trinajstić information content (AvgIpc) is 3.24. The molecule has 2 aliphatic rings. The second-order valence-corrected chi connectivity index (χ2v) is 7.17. The summed E-state index contributed by atoms with van der Waals surface area (Å²) in [5, 5.41) is 6.82. The van der Waals surface area contributed by atoms with E-state index in [0.29, 0.717) is 37.6 Å². The first kappa shape index (κ1) is 19.7. The van der Waals surface area contributed by atoms with Gasteiger partial charge in [0, 0.05) is 25.2 Å².